The third-order valence-corrected chi connectivity index (χ3v) is 4.36. The van der Waals surface area contributed by atoms with Crippen molar-refractivity contribution in [3.63, 3.8) is 0 Å². The number of hydrogen-bond acceptors (Lipinski definition) is 3. The van der Waals surface area contributed by atoms with E-state index >= 15 is 0 Å². The molecule has 1 saturated heterocycles. The van der Waals surface area contributed by atoms with Crippen molar-refractivity contribution >= 4 is 21.8 Å². The number of aromatic nitrogens is 1. The molecule has 1 aromatic heterocycles. The molecule has 20 heavy (non-hydrogen) atoms. The predicted molar refractivity (Wildman–Crippen MR) is 81.7 cm³/mol. The molecule has 0 radical (unpaired) electrons. The zero-order valence-corrected chi connectivity index (χ0v) is 13.5. The van der Waals surface area contributed by atoms with Gasteiger partial charge in [-0.3, -0.25) is 9.59 Å². The Labute approximate surface area is 127 Å². The predicted octanol–water partition coefficient (Wildman–Crippen LogP) is 1.16. The van der Waals surface area contributed by atoms with Crippen molar-refractivity contribution in [1.29, 1.82) is 0 Å². The second-order valence-electron chi connectivity index (χ2n) is 5.15. The molecule has 110 valence electrons. The molecular formula is C14H20BrN3O2. The fourth-order valence-corrected chi connectivity index (χ4v) is 2.88. The smallest absolute Gasteiger partial charge is 0.251 e. The van der Waals surface area contributed by atoms with Crippen molar-refractivity contribution < 1.29 is 4.79 Å². The van der Waals surface area contributed by atoms with Crippen LogP contribution in [0.25, 0.3) is 0 Å². The minimum absolute atomic E-state index is 0.0202. The summed E-state index contributed by atoms with van der Waals surface area (Å²) in [6, 6.07) is 3.40. The third-order valence-electron chi connectivity index (χ3n) is 3.89. The van der Waals surface area contributed by atoms with Crippen molar-refractivity contribution in [2.45, 2.75) is 25.9 Å². The quantitative estimate of drug-likeness (QED) is 0.825. The van der Waals surface area contributed by atoms with Crippen LogP contribution in [-0.4, -0.2) is 53.0 Å². The highest BCUT2D eigenvalue weighted by Crippen LogP contribution is 2.14. The van der Waals surface area contributed by atoms with Crippen molar-refractivity contribution in [1.82, 2.24) is 14.4 Å². The molecule has 1 aromatic rings. The number of amides is 1. The van der Waals surface area contributed by atoms with E-state index in [1.807, 2.05) is 7.05 Å². The molecule has 0 bridgehead atoms. The number of nitrogens with zero attached hydrogens (tertiary/aromatic N) is 3. The average Bonchev–Trinajstić information content (AvgIpc) is 2.90. The van der Waals surface area contributed by atoms with Crippen LogP contribution in [0.15, 0.2) is 27.6 Å². The summed E-state index contributed by atoms with van der Waals surface area (Å²) in [5.41, 5.74) is -0.156. The van der Waals surface area contributed by atoms with E-state index in [1.165, 1.54) is 10.6 Å². The standard InChI is InChI=1S/C14H20BrN3O2/c1-3-17-7-6-12(9-17)16(2)14(20)10-18-8-11(15)4-5-13(18)19/h4-5,8,12H,3,6-7,9-10H2,1-2H3/t12-/m1/s1. The summed E-state index contributed by atoms with van der Waals surface area (Å²) >= 11 is 3.32. The number of hydrogen-bond donors (Lipinski definition) is 0. The molecule has 6 heteroatoms. The van der Waals surface area contributed by atoms with E-state index in [0.29, 0.717) is 0 Å². The molecule has 2 rings (SSSR count). The summed E-state index contributed by atoms with van der Waals surface area (Å²) in [5.74, 6) is -0.0202. The first-order valence-corrected chi connectivity index (χ1v) is 7.64. The fourth-order valence-electron chi connectivity index (χ4n) is 2.50. The largest absolute Gasteiger partial charge is 0.340 e. The number of halogens is 1. The molecule has 0 aliphatic carbocycles. The molecule has 1 atom stereocenters. The van der Waals surface area contributed by atoms with Crippen LogP contribution < -0.4 is 5.56 Å². The monoisotopic (exact) mass is 341 g/mol. The number of carbonyl (C=O) groups is 1. The zero-order valence-electron chi connectivity index (χ0n) is 11.9. The average molecular weight is 342 g/mol. The topological polar surface area (TPSA) is 45.5 Å². The van der Waals surface area contributed by atoms with Gasteiger partial charge in [0.1, 0.15) is 6.54 Å². The lowest BCUT2D eigenvalue weighted by atomic mass is 10.2. The Morgan fingerprint density at radius 3 is 2.90 bits per heavy atom. The minimum atomic E-state index is -0.156. The Hall–Kier alpha value is -1.14. The van der Waals surface area contributed by atoms with E-state index in [0.717, 1.165) is 30.5 Å². The maximum Gasteiger partial charge on any atom is 0.251 e. The summed E-state index contributed by atoms with van der Waals surface area (Å²) in [6.07, 6.45) is 2.66. The van der Waals surface area contributed by atoms with Crippen molar-refractivity contribution in [2.75, 3.05) is 26.7 Å². The lowest BCUT2D eigenvalue weighted by Crippen LogP contribution is -2.41. The van der Waals surface area contributed by atoms with Crippen LogP contribution in [0.2, 0.25) is 0 Å². The zero-order chi connectivity index (χ0) is 14.7. The van der Waals surface area contributed by atoms with Gasteiger partial charge in [-0.2, -0.15) is 0 Å². The van der Waals surface area contributed by atoms with Gasteiger partial charge in [0.15, 0.2) is 0 Å². The van der Waals surface area contributed by atoms with E-state index in [1.54, 1.807) is 17.2 Å². The van der Waals surface area contributed by atoms with Gasteiger partial charge < -0.3 is 14.4 Å². The van der Waals surface area contributed by atoms with Crippen molar-refractivity contribution in [3.8, 4) is 0 Å². The Morgan fingerprint density at radius 1 is 1.50 bits per heavy atom. The van der Waals surface area contributed by atoms with Crippen LogP contribution in [0.3, 0.4) is 0 Å². The van der Waals surface area contributed by atoms with E-state index in [-0.39, 0.29) is 24.1 Å². The van der Waals surface area contributed by atoms with E-state index in [2.05, 4.69) is 27.8 Å². The Balaban J connectivity index is 2.01. The summed E-state index contributed by atoms with van der Waals surface area (Å²) in [6.45, 7) is 5.20. The number of pyridine rings is 1. The highest BCUT2D eigenvalue weighted by molar-refractivity contribution is 9.10. The number of likely N-dealkylation sites (tertiary alicyclic amines) is 1. The number of carbonyl (C=O) groups excluding carboxylic acids is 1. The second kappa shape index (κ2) is 6.54. The summed E-state index contributed by atoms with van der Waals surface area (Å²) in [4.78, 5) is 28.1. The Morgan fingerprint density at radius 2 is 2.25 bits per heavy atom. The lowest BCUT2D eigenvalue weighted by Gasteiger charge is -2.25. The molecule has 0 spiro atoms. The van der Waals surface area contributed by atoms with Crippen molar-refractivity contribution in [2.24, 2.45) is 0 Å². The Kier molecular flexibility index (Phi) is 4.99. The normalized spacial score (nSPS) is 19.2. The molecule has 5 nitrogen and oxygen atoms in total. The molecule has 1 aliphatic heterocycles. The third kappa shape index (κ3) is 3.49. The summed E-state index contributed by atoms with van der Waals surface area (Å²) in [7, 11) is 1.83. The lowest BCUT2D eigenvalue weighted by molar-refractivity contribution is -0.132. The fraction of sp³-hybridized carbons (Fsp3) is 0.571. The first kappa shape index (κ1) is 15.3. The molecular weight excluding hydrogens is 322 g/mol. The van der Waals surface area contributed by atoms with Gasteiger partial charge >= 0.3 is 0 Å². The van der Waals surface area contributed by atoms with Gasteiger partial charge in [0.2, 0.25) is 5.91 Å². The van der Waals surface area contributed by atoms with Crippen LogP contribution in [0, 0.1) is 0 Å². The molecule has 1 fully saturated rings. The molecule has 2 heterocycles. The first-order chi connectivity index (χ1) is 9.51. The van der Waals surface area contributed by atoms with Gasteiger partial charge in [0, 0.05) is 42.9 Å². The molecule has 0 aromatic carbocycles. The van der Waals surface area contributed by atoms with Gasteiger partial charge in [-0.05, 0) is 35.0 Å². The van der Waals surface area contributed by atoms with E-state index in [9.17, 15) is 9.59 Å². The summed E-state index contributed by atoms with van der Waals surface area (Å²) < 4.78 is 2.24. The van der Waals surface area contributed by atoms with Gasteiger partial charge in [-0.15, -0.1) is 0 Å². The molecule has 1 aliphatic rings. The molecule has 0 saturated carbocycles. The van der Waals surface area contributed by atoms with E-state index < -0.39 is 0 Å². The van der Waals surface area contributed by atoms with Gasteiger partial charge in [0.05, 0.1) is 0 Å². The second-order valence-corrected chi connectivity index (χ2v) is 6.07. The van der Waals surface area contributed by atoms with Crippen LogP contribution >= 0.6 is 15.9 Å². The van der Waals surface area contributed by atoms with Crippen LogP contribution in [-0.2, 0) is 11.3 Å². The number of rotatable bonds is 4. The van der Waals surface area contributed by atoms with Crippen LogP contribution in [0.1, 0.15) is 13.3 Å². The highest BCUT2D eigenvalue weighted by atomic mass is 79.9. The maximum atomic E-state index is 12.3. The first-order valence-electron chi connectivity index (χ1n) is 6.85. The van der Waals surface area contributed by atoms with Gasteiger partial charge in [-0.25, -0.2) is 0 Å². The summed E-state index contributed by atoms with van der Waals surface area (Å²) in [5, 5.41) is 0. The molecule has 1 amide bonds. The Bertz CT molecular complexity index is 543. The molecule has 0 N–H and O–H groups in total. The SMILES string of the molecule is CCN1CC[C@@H](N(C)C(=O)Cn2cc(Br)ccc2=O)C1. The van der Waals surface area contributed by atoms with Crippen LogP contribution in [0.5, 0.6) is 0 Å². The minimum Gasteiger partial charge on any atom is -0.340 e. The van der Waals surface area contributed by atoms with Crippen LogP contribution in [0.4, 0.5) is 0 Å². The van der Waals surface area contributed by atoms with E-state index in [4.69, 9.17) is 0 Å². The van der Waals surface area contributed by atoms with Gasteiger partial charge in [-0.1, -0.05) is 6.92 Å². The van der Waals surface area contributed by atoms with Crippen molar-refractivity contribution in [3.05, 3.63) is 33.2 Å². The number of likely N-dealkylation sites (N-methyl/N-ethyl adjacent to an activating group) is 2. The maximum absolute atomic E-state index is 12.3. The molecule has 0 unspecified atom stereocenters. The highest BCUT2D eigenvalue weighted by Gasteiger charge is 2.27. The van der Waals surface area contributed by atoms with Gasteiger partial charge in [0.25, 0.3) is 5.56 Å².